The van der Waals surface area contributed by atoms with Crippen LogP contribution in [0.1, 0.15) is 9.94 Å². The number of rotatable bonds is 3. The number of amides is 1. The molecule has 0 unspecified atom stereocenters. The second-order valence-electron chi connectivity index (χ2n) is 2.23. The van der Waals surface area contributed by atoms with Crippen molar-refractivity contribution in [3.8, 4) is 0 Å². The molecule has 0 saturated heterocycles. The molecule has 1 rings (SSSR count). The van der Waals surface area contributed by atoms with Crippen molar-refractivity contribution in [1.29, 1.82) is 0 Å². The fourth-order valence-corrected chi connectivity index (χ4v) is 0.746. The second kappa shape index (κ2) is 3.73. The molecule has 0 bridgehead atoms. The normalized spacial score (nSPS) is 13.9. The van der Waals surface area contributed by atoms with Gasteiger partial charge in [-0.2, -0.15) is 0 Å². The number of ether oxygens (including phenoxy) is 1. The molecule has 1 aromatic heterocycles. The summed E-state index contributed by atoms with van der Waals surface area (Å²) in [6.07, 6.45) is -0.362. The minimum absolute atomic E-state index is 0.282. The van der Waals surface area contributed by atoms with Crippen molar-refractivity contribution in [2.45, 2.75) is 6.61 Å². The molecule has 0 atom stereocenters. The third kappa shape index (κ3) is 1.97. The van der Waals surface area contributed by atoms with Crippen LogP contribution >= 0.6 is 0 Å². The number of aromatic nitrogens is 2. The summed E-state index contributed by atoms with van der Waals surface area (Å²) in [7, 11) is 0. The van der Waals surface area contributed by atoms with Crippen molar-refractivity contribution >= 4 is 11.9 Å². The highest BCUT2D eigenvalue weighted by molar-refractivity contribution is 5.64. The highest BCUT2D eigenvalue weighted by atomic mass is 16.6. The molecule has 1 heterocycles. The molecule has 0 aliphatic heterocycles. The van der Waals surface area contributed by atoms with E-state index in [0.29, 0.717) is 4.57 Å². The molecule has 0 saturated carbocycles. The maximum absolute atomic E-state index is 10.6. The van der Waals surface area contributed by atoms with Crippen LogP contribution in [0, 0.1) is 10.1 Å². The zero-order chi connectivity index (χ0) is 13.2. The minimum Gasteiger partial charge on any atom is -0.439 e. The van der Waals surface area contributed by atoms with Gasteiger partial charge in [-0.1, -0.05) is 0 Å². The van der Waals surface area contributed by atoms with E-state index in [4.69, 9.17) is 9.85 Å². The molecule has 14 heavy (non-hydrogen) atoms. The fraction of sp³-hybridized carbons (Fsp3) is 0.333. The zero-order valence-electron chi connectivity index (χ0n) is 9.84. The van der Waals surface area contributed by atoms with E-state index in [9.17, 15) is 14.9 Å². The molecule has 2 N–H and O–H groups in total. The highest BCUT2D eigenvalue weighted by Crippen LogP contribution is 2.11. The van der Waals surface area contributed by atoms with Crippen LogP contribution in [-0.2, 0) is 18.3 Å². The second-order valence-corrected chi connectivity index (χ2v) is 2.23. The smallest absolute Gasteiger partial charge is 0.405 e. The molecular formula is C6H8N4O4. The van der Waals surface area contributed by atoms with Crippen LogP contribution in [0.2, 0.25) is 0 Å². The Bertz CT molecular complexity index is 455. The number of nitrogens with zero attached hydrogens (tertiary/aromatic N) is 3. The SMILES string of the molecule is [2H]C([2H])([2H])n1c([N+](=O)[O-])cnc1COC(N)=O. The molecule has 0 aliphatic carbocycles. The fourth-order valence-electron chi connectivity index (χ4n) is 0.746. The van der Waals surface area contributed by atoms with Crippen molar-refractivity contribution in [1.82, 2.24) is 9.55 Å². The highest BCUT2D eigenvalue weighted by Gasteiger charge is 2.16. The molecule has 0 radical (unpaired) electrons. The van der Waals surface area contributed by atoms with Gasteiger partial charge in [0, 0.05) is 0 Å². The third-order valence-electron chi connectivity index (χ3n) is 1.35. The summed E-state index contributed by atoms with van der Waals surface area (Å²) in [6.45, 7) is -3.35. The maximum Gasteiger partial charge on any atom is 0.405 e. The van der Waals surface area contributed by atoms with E-state index in [0.717, 1.165) is 6.20 Å². The van der Waals surface area contributed by atoms with E-state index in [-0.39, 0.29) is 5.82 Å². The van der Waals surface area contributed by atoms with Crippen molar-refractivity contribution < 1.29 is 18.6 Å². The first-order valence-corrected chi connectivity index (χ1v) is 3.37. The molecule has 8 heteroatoms. The van der Waals surface area contributed by atoms with Gasteiger partial charge in [0.2, 0.25) is 5.82 Å². The summed E-state index contributed by atoms with van der Waals surface area (Å²) >= 11 is 0. The van der Waals surface area contributed by atoms with Gasteiger partial charge in [0.25, 0.3) is 0 Å². The molecule has 0 fully saturated rings. The van der Waals surface area contributed by atoms with Gasteiger partial charge in [-0.25, -0.2) is 14.3 Å². The summed E-state index contributed by atoms with van der Waals surface area (Å²) in [5.74, 6) is -0.997. The van der Waals surface area contributed by atoms with Crippen molar-refractivity contribution in [3.05, 3.63) is 22.1 Å². The van der Waals surface area contributed by atoms with Gasteiger partial charge < -0.3 is 20.6 Å². The summed E-state index contributed by atoms with van der Waals surface area (Å²) < 4.78 is 26.1. The lowest BCUT2D eigenvalue weighted by Crippen LogP contribution is -2.14. The lowest BCUT2D eigenvalue weighted by molar-refractivity contribution is -0.391. The predicted molar refractivity (Wildman–Crippen MR) is 44.2 cm³/mol. The van der Waals surface area contributed by atoms with E-state index in [2.05, 4.69) is 9.72 Å². The molecule has 76 valence electrons. The Balaban J connectivity index is 3.14. The number of carbonyl (C=O) groups is 1. The van der Waals surface area contributed by atoms with Crippen molar-refractivity contribution in [2.75, 3.05) is 0 Å². The van der Waals surface area contributed by atoms with Crippen LogP contribution < -0.4 is 5.73 Å². The average Bonchev–Trinajstić information content (AvgIpc) is 2.57. The molecular weight excluding hydrogens is 192 g/mol. The Morgan fingerprint density at radius 2 is 2.71 bits per heavy atom. The number of nitrogens with two attached hydrogens (primary N) is 1. The van der Waals surface area contributed by atoms with Crippen molar-refractivity contribution in [3.63, 3.8) is 0 Å². The molecule has 0 aromatic carbocycles. The average molecular weight is 203 g/mol. The number of hydrogen-bond acceptors (Lipinski definition) is 5. The quantitative estimate of drug-likeness (QED) is 0.545. The van der Waals surface area contributed by atoms with Gasteiger partial charge in [-0.3, -0.25) is 0 Å². The van der Waals surface area contributed by atoms with Gasteiger partial charge in [-0.15, -0.1) is 0 Å². The maximum atomic E-state index is 10.6. The Kier molecular flexibility index (Phi) is 1.69. The van der Waals surface area contributed by atoms with Crippen LogP contribution in [0.4, 0.5) is 10.6 Å². The van der Waals surface area contributed by atoms with Crippen LogP contribution in [0.15, 0.2) is 6.20 Å². The number of imidazole rings is 1. The molecule has 0 aliphatic rings. The minimum atomic E-state index is -2.80. The Hall–Kier alpha value is -2.12. The Morgan fingerprint density at radius 1 is 2.00 bits per heavy atom. The lowest BCUT2D eigenvalue weighted by Gasteiger charge is -1.98. The first kappa shape index (κ1) is 6.35. The van der Waals surface area contributed by atoms with E-state index < -0.39 is 30.4 Å². The summed E-state index contributed by atoms with van der Waals surface area (Å²) in [6, 6.07) is 0. The largest absolute Gasteiger partial charge is 0.439 e. The first-order chi connectivity index (χ1) is 7.73. The van der Waals surface area contributed by atoms with Crippen LogP contribution in [0.5, 0.6) is 0 Å². The Labute approximate surface area is 82.6 Å². The molecule has 8 nitrogen and oxygen atoms in total. The number of primary amides is 1. The predicted octanol–water partition coefficient (Wildman–Crippen LogP) is -0.0764. The lowest BCUT2D eigenvalue weighted by atomic mass is 10.6. The Morgan fingerprint density at radius 3 is 3.21 bits per heavy atom. The summed E-state index contributed by atoms with van der Waals surface area (Å²) in [5.41, 5.74) is 4.69. The van der Waals surface area contributed by atoms with Crippen LogP contribution in [-0.4, -0.2) is 20.6 Å². The molecule has 1 amide bonds. The third-order valence-corrected chi connectivity index (χ3v) is 1.35. The molecule has 0 spiro atoms. The van der Waals surface area contributed by atoms with Gasteiger partial charge in [-0.05, 0) is 4.92 Å². The number of nitro groups is 1. The van der Waals surface area contributed by atoms with E-state index in [1.807, 2.05) is 0 Å². The summed E-state index contributed by atoms with van der Waals surface area (Å²) in [5, 5.41) is 10.6. The first-order valence-electron chi connectivity index (χ1n) is 4.87. The van der Waals surface area contributed by atoms with Gasteiger partial charge in [0.1, 0.15) is 6.20 Å². The van der Waals surface area contributed by atoms with Gasteiger partial charge >= 0.3 is 11.9 Å². The monoisotopic (exact) mass is 203 g/mol. The van der Waals surface area contributed by atoms with Crippen molar-refractivity contribution in [2.24, 2.45) is 12.7 Å². The topological polar surface area (TPSA) is 113 Å². The zero-order valence-corrected chi connectivity index (χ0v) is 6.84. The van der Waals surface area contributed by atoms with Gasteiger partial charge in [0.15, 0.2) is 6.61 Å². The number of hydrogen-bond donors (Lipinski definition) is 1. The van der Waals surface area contributed by atoms with Gasteiger partial charge in [0.05, 0.1) is 11.1 Å². The standard InChI is InChI=1S/C6H8N4O4/c1-9-4(3-14-6(7)11)8-2-5(9)10(12)13/h2H,3H2,1H3,(H2,7,11)/i1D3. The number of carbonyl (C=O) groups excluding carboxylic acids is 1. The summed E-state index contributed by atoms with van der Waals surface area (Å²) in [4.78, 5) is 23.6. The van der Waals surface area contributed by atoms with E-state index in [1.165, 1.54) is 0 Å². The van der Waals surface area contributed by atoms with Crippen LogP contribution in [0.3, 0.4) is 0 Å². The van der Waals surface area contributed by atoms with E-state index >= 15 is 0 Å². The molecule has 1 aromatic rings. The van der Waals surface area contributed by atoms with E-state index in [1.54, 1.807) is 0 Å². The van der Waals surface area contributed by atoms with Crippen LogP contribution in [0.25, 0.3) is 0 Å².